The van der Waals surface area contributed by atoms with Gasteiger partial charge in [-0.05, 0) is 51.7 Å². The number of rotatable bonds is 4. The Morgan fingerprint density at radius 2 is 1.79 bits per heavy atom. The number of amides is 2. The van der Waals surface area contributed by atoms with Gasteiger partial charge in [0.25, 0.3) is 0 Å². The van der Waals surface area contributed by atoms with E-state index < -0.39 is 11.6 Å². The van der Waals surface area contributed by atoms with E-state index in [1.54, 1.807) is 4.90 Å². The highest BCUT2D eigenvalue weighted by atomic mass is 19.1. The Morgan fingerprint density at radius 3 is 2.33 bits per heavy atom. The van der Waals surface area contributed by atoms with E-state index >= 15 is 0 Å². The van der Waals surface area contributed by atoms with Crippen molar-refractivity contribution in [1.29, 1.82) is 0 Å². The Balaban J connectivity index is 1.68. The van der Waals surface area contributed by atoms with E-state index in [4.69, 9.17) is 4.74 Å². The van der Waals surface area contributed by atoms with Crippen molar-refractivity contribution in [2.24, 2.45) is 0 Å². The van der Waals surface area contributed by atoms with Crippen LogP contribution in [0.3, 0.4) is 0 Å². The Labute approximate surface area is 141 Å². The average Bonchev–Trinajstić information content (AvgIpc) is 3.30. The third-order valence-corrected chi connectivity index (χ3v) is 4.66. The first kappa shape index (κ1) is 17.1. The van der Waals surface area contributed by atoms with Gasteiger partial charge in [-0.2, -0.15) is 0 Å². The standard InChI is InChI=1S/C18H24F2N2O2/c1-11-8-13(9-12(2)24-11)21-18(23)22(14-6-7-14)10-15-16(19)4-3-5-17(15)20/h3-5,11-14H,6-10H2,1-2H3,(H,21,23)/t11-,12-/m0/s1. The first-order valence-corrected chi connectivity index (χ1v) is 8.59. The molecule has 2 amide bonds. The second-order valence-electron chi connectivity index (χ2n) is 6.93. The molecule has 1 aliphatic heterocycles. The molecule has 1 heterocycles. The molecule has 3 rings (SSSR count). The van der Waals surface area contributed by atoms with Crippen LogP contribution < -0.4 is 5.32 Å². The number of carbonyl (C=O) groups is 1. The van der Waals surface area contributed by atoms with Crippen molar-refractivity contribution in [3.63, 3.8) is 0 Å². The highest BCUT2D eigenvalue weighted by Gasteiger charge is 2.35. The average molecular weight is 338 g/mol. The van der Waals surface area contributed by atoms with Crippen molar-refractivity contribution >= 4 is 6.03 Å². The Kier molecular flexibility index (Phi) is 5.04. The van der Waals surface area contributed by atoms with E-state index in [2.05, 4.69) is 5.32 Å². The number of halogens is 2. The predicted molar refractivity (Wildman–Crippen MR) is 86.5 cm³/mol. The van der Waals surface area contributed by atoms with Crippen molar-refractivity contribution < 1.29 is 18.3 Å². The smallest absolute Gasteiger partial charge is 0.318 e. The number of ether oxygens (including phenoxy) is 1. The summed E-state index contributed by atoms with van der Waals surface area (Å²) in [5, 5.41) is 3.02. The van der Waals surface area contributed by atoms with Gasteiger partial charge in [0.2, 0.25) is 0 Å². The van der Waals surface area contributed by atoms with Crippen LogP contribution in [0.15, 0.2) is 18.2 Å². The lowest BCUT2D eigenvalue weighted by Crippen LogP contribution is -2.49. The van der Waals surface area contributed by atoms with Gasteiger partial charge in [-0.15, -0.1) is 0 Å². The molecule has 2 aliphatic rings. The van der Waals surface area contributed by atoms with E-state index in [0.717, 1.165) is 25.7 Å². The van der Waals surface area contributed by atoms with Gasteiger partial charge >= 0.3 is 6.03 Å². The molecule has 0 aromatic heterocycles. The first-order valence-electron chi connectivity index (χ1n) is 8.59. The molecule has 0 radical (unpaired) electrons. The van der Waals surface area contributed by atoms with Crippen LogP contribution in [0.4, 0.5) is 13.6 Å². The van der Waals surface area contributed by atoms with Crippen LogP contribution in [-0.2, 0) is 11.3 Å². The zero-order valence-electron chi connectivity index (χ0n) is 14.1. The van der Waals surface area contributed by atoms with Crippen LogP contribution in [0.5, 0.6) is 0 Å². The van der Waals surface area contributed by atoms with Gasteiger partial charge in [-0.1, -0.05) is 6.07 Å². The maximum atomic E-state index is 13.9. The van der Waals surface area contributed by atoms with Crippen LogP contribution >= 0.6 is 0 Å². The molecule has 4 nitrogen and oxygen atoms in total. The number of benzene rings is 1. The second-order valence-corrected chi connectivity index (χ2v) is 6.93. The molecular formula is C18H24F2N2O2. The van der Waals surface area contributed by atoms with Crippen molar-refractivity contribution in [2.75, 3.05) is 0 Å². The lowest BCUT2D eigenvalue weighted by atomic mass is 10.00. The molecule has 1 aromatic rings. The largest absolute Gasteiger partial charge is 0.375 e. The monoisotopic (exact) mass is 338 g/mol. The molecule has 132 valence electrons. The molecule has 2 atom stereocenters. The number of urea groups is 1. The van der Waals surface area contributed by atoms with Crippen LogP contribution in [-0.4, -0.2) is 35.2 Å². The third-order valence-electron chi connectivity index (χ3n) is 4.66. The van der Waals surface area contributed by atoms with Crippen molar-refractivity contribution in [2.45, 2.75) is 70.4 Å². The Bertz CT molecular complexity index is 576. The molecule has 1 saturated heterocycles. The summed E-state index contributed by atoms with van der Waals surface area (Å²) in [6.45, 7) is 3.94. The predicted octanol–water partition coefficient (Wildman–Crippen LogP) is 3.59. The summed E-state index contributed by atoms with van der Waals surface area (Å²) in [6, 6.07) is 3.64. The fraction of sp³-hybridized carbons (Fsp3) is 0.611. The summed E-state index contributed by atoms with van der Waals surface area (Å²) in [5.74, 6) is -1.22. The van der Waals surface area contributed by atoms with Gasteiger partial charge in [-0.3, -0.25) is 0 Å². The number of nitrogens with zero attached hydrogens (tertiary/aromatic N) is 1. The molecule has 2 fully saturated rings. The zero-order chi connectivity index (χ0) is 17.3. The number of nitrogens with one attached hydrogen (secondary N) is 1. The molecule has 1 saturated carbocycles. The summed E-state index contributed by atoms with van der Waals surface area (Å²) in [7, 11) is 0. The zero-order valence-corrected chi connectivity index (χ0v) is 14.1. The number of hydrogen-bond acceptors (Lipinski definition) is 2. The summed E-state index contributed by atoms with van der Waals surface area (Å²) in [6.07, 6.45) is 3.45. The van der Waals surface area contributed by atoms with Crippen molar-refractivity contribution in [1.82, 2.24) is 10.2 Å². The fourth-order valence-electron chi connectivity index (χ4n) is 3.39. The summed E-state index contributed by atoms with van der Waals surface area (Å²) in [4.78, 5) is 14.2. The van der Waals surface area contributed by atoms with Crippen LogP contribution in [0, 0.1) is 11.6 Å². The molecule has 1 N–H and O–H groups in total. The minimum absolute atomic E-state index is 0.0305. The molecule has 0 bridgehead atoms. The molecule has 6 heteroatoms. The lowest BCUT2D eigenvalue weighted by molar-refractivity contribution is -0.0407. The Hall–Kier alpha value is -1.69. The SMILES string of the molecule is C[C@H]1CC(NC(=O)N(Cc2c(F)cccc2F)C2CC2)C[C@H](C)O1. The van der Waals surface area contributed by atoms with E-state index in [1.165, 1.54) is 18.2 Å². The summed E-state index contributed by atoms with van der Waals surface area (Å²) >= 11 is 0. The van der Waals surface area contributed by atoms with E-state index in [-0.39, 0.29) is 42.4 Å². The van der Waals surface area contributed by atoms with Crippen molar-refractivity contribution in [3.05, 3.63) is 35.4 Å². The molecular weight excluding hydrogens is 314 g/mol. The van der Waals surface area contributed by atoms with Crippen LogP contribution in [0.25, 0.3) is 0 Å². The number of hydrogen-bond donors (Lipinski definition) is 1. The van der Waals surface area contributed by atoms with Gasteiger partial charge < -0.3 is 15.0 Å². The molecule has 0 spiro atoms. The highest BCUT2D eigenvalue weighted by molar-refractivity contribution is 5.75. The van der Waals surface area contributed by atoms with Crippen molar-refractivity contribution in [3.8, 4) is 0 Å². The molecule has 24 heavy (non-hydrogen) atoms. The molecule has 0 unspecified atom stereocenters. The summed E-state index contributed by atoms with van der Waals surface area (Å²) in [5.41, 5.74) is -0.0479. The van der Waals surface area contributed by atoms with E-state index in [0.29, 0.717) is 0 Å². The van der Waals surface area contributed by atoms with Gasteiger partial charge in [0.05, 0.1) is 18.8 Å². The third kappa shape index (κ3) is 4.04. The second kappa shape index (κ2) is 7.05. The molecule has 1 aliphatic carbocycles. The van der Waals surface area contributed by atoms with Crippen LogP contribution in [0.1, 0.15) is 45.1 Å². The lowest BCUT2D eigenvalue weighted by Gasteiger charge is -2.34. The van der Waals surface area contributed by atoms with Crippen LogP contribution in [0.2, 0.25) is 0 Å². The highest BCUT2D eigenvalue weighted by Crippen LogP contribution is 2.30. The first-order chi connectivity index (χ1) is 11.4. The number of carbonyl (C=O) groups excluding carboxylic acids is 1. The van der Waals surface area contributed by atoms with Gasteiger partial charge in [0.15, 0.2) is 0 Å². The van der Waals surface area contributed by atoms with E-state index in [9.17, 15) is 13.6 Å². The maximum Gasteiger partial charge on any atom is 0.318 e. The van der Waals surface area contributed by atoms with Gasteiger partial charge in [0.1, 0.15) is 11.6 Å². The quantitative estimate of drug-likeness (QED) is 0.911. The minimum Gasteiger partial charge on any atom is -0.375 e. The van der Waals surface area contributed by atoms with Gasteiger partial charge in [0, 0.05) is 17.6 Å². The van der Waals surface area contributed by atoms with E-state index in [1.807, 2.05) is 13.8 Å². The maximum absolute atomic E-state index is 13.9. The normalized spacial score (nSPS) is 26.9. The summed E-state index contributed by atoms with van der Waals surface area (Å²) < 4.78 is 33.5. The van der Waals surface area contributed by atoms with Gasteiger partial charge in [-0.25, -0.2) is 13.6 Å². The Morgan fingerprint density at radius 1 is 1.21 bits per heavy atom. The molecule has 1 aromatic carbocycles. The minimum atomic E-state index is -0.609. The fourth-order valence-corrected chi connectivity index (χ4v) is 3.39. The topological polar surface area (TPSA) is 41.6 Å².